The van der Waals surface area contributed by atoms with Crippen LogP contribution in [0, 0.1) is 13.8 Å². The van der Waals surface area contributed by atoms with Gasteiger partial charge in [0.2, 0.25) is 0 Å². The maximum absolute atomic E-state index is 4.17. The molecular weight excluding hydrogens is 238 g/mol. The van der Waals surface area contributed by atoms with E-state index in [-0.39, 0.29) is 0 Å². The number of hydrogen-bond acceptors (Lipinski definition) is 5. The summed E-state index contributed by atoms with van der Waals surface area (Å²) in [5, 5.41) is 0. The monoisotopic (exact) mass is 249 g/mol. The predicted octanol–water partition coefficient (Wildman–Crippen LogP) is 4.10. The van der Waals surface area contributed by atoms with Crippen LogP contribution in [0.4, 0.5) is 5.69 Å². The lowest BCUT2D eigenvalue weighted by molar-refractivity contribution is 1.36. The topological polar surface area (TPSA) is 3.24 Å². The molecule has 0 saturated heterocycles. The van der Waals surface area contributed by atoms with Gasteiger partial charge in [-0.25, -0.2) is 3.71 Å². The van der Waals surface area contributed by atoms with Gasteiger partial charge in [0.15, 0.2) is 0 Å². The van der Waals surface area contributed by atoms with E-state index in [1.165, 1.54) is 38.8 Å². The van der Waals surface area contributed by atoms with E-state index in [1.54, 1.807) is 0 Å². The van der Waals surface area contributed by atoms with E-state index in [4.69, 9.17) is 0 Å². The van der Waals surface area contributed by atoms with Gasteiger partial charge < -0.3 is 0 Å². The Morgan fingerprint density at radius 1 is 1.08 bits per heavy atom. The second-order valence-corrected chi connectivity index (χ2v) is 4.93. The second kappa shape index (κ2) is 5.34. The molecule has 1 rings (SSSR count). The van der Waals surface area contributed by atoms with Crippen LogP contribution in [0.2, 0.25) is 0 Å². The van der Waals surface area contributed by atoms with Gasteiger partial charge in [-0.05, 0) is 25.0 Å². The SMILES string of the molecule is Cc1cccc(C)c1N(SS)SS. The summed E-state index contributed by atoms with van der Waals surface area (Å²) in [6.07, 6.45) is 0. The average molecular weight is 249 g/mol. The van der Waals surface area contributed by atoms with Crippen molar-refractivity contribution in [1.29, 1.82) is 0 Å². The smallest absolute Gasteiger partial charge is 0.0669 e. The van der Waals surface area contributed by atoms with Crippen LogP contribution in [0.25, 0.3) is 0 Å². The molecule has 13 heavy (non-hydrogen) atoms. The van der Waals surface area contributed by atoms with Crippen molar-refractivity contribution >= 4 is 51.0 Å². The molecule has 0 amide bonds. The molecule has 0 heterocycles. The van der Waals surface area contributed by atoms with Gasteiger partial charge in [0.1, 0.15) is 0 Å². The number of thiol groups is 2. The number of anilines is 1. The number of rotatable bonds is 3. The quantitative estimate of drug-likeness (QED) is 0.472. The van der Waals surface area contributed by atoms with E-state index in [2.05, 4.69) is 55.4 Å². The molecule has 0 aliphatic rings. The molecule has 0 bridgehead atoms. The first-order valence-electron chi connectivity index (χ1n) is 3.70. The molecule has 0 atom stereocenters. The Bertz CT molecular complexity index is 265. The van der Waals surface area contributed by atoms with Crippen molar-refractivity contribution in [2.24, 2.45) is 0 Å². The molecule has 0 aliphatic heterocycles. The summed E-state index contributed by atoms with van der Waals surface area (Å²) in [6, 6.07) is 6.23. The van der Waals surface area contributed by atoms with Gasteiger partial charge in [0.05, 0.1) is 5.69 Å². The molecule has 72 valence electrons. The molecule has 0 N–H and O–H groups in total. The molecule has 0 fully saturated rings. The van der Waals surface area contributed by atoms with Crippen LogP contribution in [0.5, 0.6) is 0 Å². The molecule has 1 nitrogen and oxygen atoms in total. The molecule has 0 aromatic heterocycles. The van der Waals surface area contributed by atoms with Crippen molar-refractivity contribution in [2.75, 3.05) is 3.71 Å². The zero-order valence-corrected chi connectivity index (χ0v) is 10.8. The minimum Gasteiger partial charge on any atom is -0.239 e. The fourth-order valence-corrected chi connectivity index (χ4v) is 3.61. The van der Waals surface area contributed by atoms with Gasteiger partial charge in [-0.3, -0.25) is 0 Å². The van der Waals surface area contributed by atoms with E-state index in [1.807, 2.05) is 3.71 Å². The molecule has 0 saturated carbocycles. The summed E-state index contributed by atoms with van der Waals surface area (Å²) in [5.74, 6) is 0. The molecule has 1 aromatic carbocycles. The Labute approximate surface area is 97.5 Å². The highest BCUT2D eigenvalue weighted by atomic mass is 33.1. The van der Waals surface area contributed by atoms with Gasteiger partial charge in [-0.2, -0.15) is 0 Å². The molecule has 0 aliphatic carbocycles. The van der Waals surface area contributed by atoms with E-state index in [0.29, 0.717) is 0 Å². The second-order valence-electron chi connectivity index (χ2n) is 2.66. The van der Waals surface area contributed by atoms with Crippen LogP contribution < -0.4 is 3.71 Å². The molecule has 0 spiro atoms. The first-order chi connectivity index (χ1) is 6.20. The van der Waals surface area contributed by atoms with Crippen LogP contribution in [-0.4, -0.2) is 0 Å². The van der Waals surface area contributed by atoms with Crippen LogP contribution in [0.3, 0.4) is 0 Å². The van der Waals surface area contributed by atoms with Gasteiger partial charge in [-0.1, -0.05) is 41.5 Å². The average Bonchev–Trinajstić information content (AvgIpc) is 2.11. The zero-order valence-electron chi connectivity index (χ0n) is 7.39. The van der Waals surface area contributed by atoms with Crippen LogP contribution in [-0.2, 0) is 0 Å². The lowest BCUT2D eigenvalue weighted by atomic mass is 10.1. The molecule has 5 heteroatoms. The third-order valence-corrected chi connectivity index (χ3v) is 4.52. The molecular formula is C8H11NS4. The highest BCUT2D eigenvalue weighted by molar-refractivity contribution is 8.78. The summed E-state index contributed by atoms with van der Waals surface area (Å²) in [6.45, 7) is 4.17. The highest BCUT2D eigenvalue weighted by Gasteiger charge is 2.10. The van der Waals surface area contributed by atoms with Gasteiger partial charge >= 0.3 is 0 Å². The number of para-hydroxylation sites is 1. The summed E-state index contributed by atoms with van der Waals surface area (Å²) in [5.41, 5.74) is 3.66. The van der Waals surface area contributed by atoms with Crippen molar-refractivity contribution in [3.05, 3.63) is 29.3 Å². The molecule has 0 radical (unpaired) electrons. The van der Waals surface area contributed by atoms with Crippen LogP contribution in [0.15, 0.2) is 18.2 Å². The maximum Gasteiger partial charge on any atom is 0.0669 e. The fraction of sp³-hybridized carbons (Fsp3) is 0.250. The third kappa shape index (κ3) is 2.68. The number of hydrogen-bond donors (Lipinski definition) is 2. The van der Waals surface area contributed by atoms with Crippen molar-refractivity contribution in [2.45, 2.75) is 13.8 Å². The predicted molar refractivity (Wildman–Crippen MR) is 71.5 cm³/mol. The standard InChI is InChI=1S/C8H11NS4/c1-6-4-3-5-7(2)8(6)9(12-10)13-11/h3-5,10-11H,1-2H3. The van der Waals surface area contributed by atoms with Gasteiger partial charge in [-0.15, -0.1) is 0 Å². The Kier molecular flexibility index (Phi) is 4.72. The number of aryl methyl sites for hydroxylation is 2. The Morgan fingerprint density at radius 3 is 1.92 bits per heavy atom. The van der Waals surface area contributed by atoms with Gasteiger partial charge in [0, 0.05) is 22.0 Å². The Balaban J connectivity index is 3.10. The van der Waals surface area contributed by atoms with Crippen molar-refractivity contribution < 1.29 is 0 Å². The van der Waals surface area contributed by atoms with E-state index < -0.39 is 0 Å². The third-order valence-electron chi connectivity index (χ3n) is 1.77. The largest absolute Gasteiger partial charge is 0.239 e. The first kappa shape index (κ1) is 11.5. The summed E-state index contributed by atoms with van der Waals surface area (Å²) < 4.78 is 1.97. The maximum atomic E-state index is 4.17. The summed E-state index contributed by atoms with van der Waals surface area (Å²) >= 11 is 8.35. The highest BCUT2D eigenvalue weighted by Crippen LogP contribution is 2.38. The Morgan fingerprint density at radius 2 is 1.54 bits per heavy atom. The molecule has 1 aromatic rings. The van der Waals surface area contributed by atoms with Crippen molar-refractivity contribution in [1.82, 2.24) is 0 Å². The van der Waals surface area contributed by atoms with E-state index in [0.717, 1.165) is 0 Å². The zero-order chi connectivity index (χ0) is 9.84. The minimum absolute atomic E-state index is 1.18. The molecule has 0 unspecified atom stereocenters. The fourth-order valence-electron chi connectivity index (χ4n) is 1.19. The summed E-state index contributed by atoms with van der Waals surface area (Å²) in [7, 11) is 2.73. The minimum atomic E-state index is 1.18. The van der Waals surface area contributed by atoms with Crippen LogP contribution in [0.1, 0.15) is 11.1 Å². The van der Waals surface area contributed by atoms with E-state index in [9.17, 15) is 0 Å². The lowest BCUT2D eigenvalue weighted by Gasteiger charge is -2.20. The normalized spacial score (nSPS) is 10.2. The number of benzene rings is 1. The Hall–Kier alpha value is 0.420. The number of nitrogens with zero attached hydrogens (tertiary/aromatic N) is 1. The van der Waals surface area contributed by atoms with Gasteiger partial charge in [0.25, 0.3) is 0 Å². The van der Waals surface area contributed by atoms with Crippen LogP contribution >= 0.6 is 45.3 Å². The van der Waals surface area contributed by atoms with Crippen molar-refractivity contribution in [3.8, 4) is 0 Å². The lowest BCUT2D eigenvalue weighted by Crippen LogP contribution is -2.02. The first-order valence-corrected chi connectivity index (χ1v) is 7.35. The summed E-state index contributed by atoms with van der Waals surface area (Å²) in [4.78, 5) is 0. The van der Waals surface area contributed by atoms with Crippen molar-refractivity contribution in [3.63, 3.8) is 0 Å². The van der Waals surface area contributed by atoms with E-state index >= 15 is 0 Å².